The van der Waals surface area contributed by atoms with Crippen LogP contribution in [0.4, 0.5) is 5.82 Å². The summed E-state index contributed by atoms with van der Waals surface area (Å²) in [5.74, 6) is 0.847. The third-order valence-corrected chi connectivity index (χ3v) is 7.03. The topological polar surface area (TPSA) is 91.5 Å². The van der Waals surface area contributed by atoms with Crippen LogP contribution < -0.4 is 16.1 Å². The molecular weight excluding hydrogens is 509 g/mol. The van der Waals surface area contributed by atoms with Crippen LogP contribution >= 0.6 is 0 Å². The van der Waals surface area contributed by atoms with Crippen molar-refractivity contribution in [1.29, 1.82) is 0 Å². The van der Waals surface area contributed by atoms with Crippen molar-refractivity contribution in [3.8, 4) is 28.1 Å². The van der Waals surface area contributed by atoms with Crippen molar-refractivity contribution >= 4 is 30.7 Å². The summed E-state index contributed by atoms with van der Waals surface area (Å²) < 4.78 is 1.77. The molecule has 0 aliphatic rings. The van der Waals surface area contributed by atoms with Gasteiger partial charge in [0.15, 0.2) is 5.65 Å². The number of para-hydroxylation sites is 1. The second-order valence-electron chi connectivity index (χ2n) is 9.87. The molecule has 0 unspecified atom stereocenters. The molecule has 0 radical (unpaired) electrons. The number of fused-ring (bicyclic) bond motifs is 1. The fourth-order valence-corrected chi connectivity index (χ4v) is 4.82. The fraction of sp³-hybridized carbons (Fsp3) is 0.0606. The molecule has 200 valence electrons. The molecule has 2 heterocycles. The highest BCUT2D eigenvalue weighted by atomic mass is 16.3. The summed E-state index contributed by atoms with van der Waals surface area (Å²) in [6.07, 6.45) is 1.78. The second-order valence-corrected chi connectivity index (χ2v) is 9.87. The van der Waals surface area contributed by atoms with Gasteiger partial charge in [-0.05, 0) is 45.9 Å². The van der Waals surface area contributed by atoms with Crippen LogP contribution in [0, 0.1) is 0 Å². The molecule has 6 aromatic rings. The summed E-state index contributed by atoms with van der Waals surface area (Å²) in [4.78, 5) is 17.8. The number of aromatic nitrogens is 3. The van der Waals surface area contributed by atoms with E-state index in [1.54, 1.807) is 22.8 Å². The van der Waals surface area contributed by atoms with E-state index in [4.69, 9.17) is 4.98 Å². The molecule has 4 aromatic carbocycles. The number of nitrogens with one attached hydrogen (secondary N) is 2. The smallest absolute Gasteiger partial charge is 0.252 e. The standard InChI is InChI=1S/C33H28BN5O2/c34-28-21-37-39-31(18-29(38-32(28)39)27-12-6-7-13-30(27)40)35-19-22-14-16-23(17-15-22)20-36-33(41)26-11-5-4-10-25(26)24-8-2-1-3-9-24/h1-18,21,35,40H,19-20,34H2,(H,36,41). The molecule has 2 aromatic heterocycles. The summed E-state index contributed by atoms with van der Waals surface area (Å²) in [7, 11) is 1.96. The Labute approximate surface area is 238 Å². The fourth-order valence-electron chi connectivity index (χ4n) is 4.82. The Morgan fingerprint density at radius 3 is 2.22 bits per heavy atom. The summed E-state index contributed by atoms with van der Waals surface area (Å²) in [5, 5.41) is 21.4. The number of phenolic OH excluding ortho intramolecular Hbond substituents is 1. The summed E-state index contributed by atoms with van der Waals surface area (Å²) in [6, 6.07) is 34.8. The molecule has 0 aliphatic carbocycles. The Morgan fingerprint density at radius 2 is 1.46 bits per heavy atom. The first-order valence-corrected chi connectivity index (χ1v) is 13.4. The number of carbonyl (C=O) groups is 1. The Bertz CT molecular complexity index is 1830. The van der Waals surface area contributed by atoms with E-state index in [0.717, 1.165) is 39.2 Å². The van der Waals surface area contributed by atoms with Gasteiger partial charge in [0.1, 0.15) is 19.4 Å². The van der Waals surface area contributed by atoms with E-state index in [1.165, 1.54) is 0 Å². The van der Waals surface area contributed by atoms with Crippen LogP contribution in [0.15, 0.2) is 115 Å². The number of rotatable bonds is 8. The van der Waals surface area contributed by atoms with Crippen LogP contribution in [-0.2, 0) is 13.1 Å². The molecule has 8 heteroatoms. The zero-order valence-corrected chi connectivity index (χ0v) is 22.6. The zero-order valence-electron chi connectivity index (χ0n) is 22.6. The predicted octanol–water partition coefficient (Wildman–Crippen LogP) is 4.57. The molecule has 0 saturated carbocycles. The highest BCUT2D eigenvalue weighted by Crippen LogP contribution is 2.29. The second kappa shape index (κ2) is 11.4. The largest absolute Gasteiger partial charge is 0.507 e. The van der Waals surface area contributed by atoms with Gasteiger partial charge < -0.3 is 15.7 Å². The van der Waals surface area contributed by atoms with Crippen LogP contribution in [0.1, 0.15) is 21.5 Å². The molecule has 0 spiro atoms. The van der Waals surface area contributed by atoms with Crippen LogP contribution in [0.2, 0.25) is 0 Å². The Balaban J connectivity index is 1.14. The number of carbonyl (C=O) groups excluding carboxylic acids is 1. The van der Waals surface area contributed by atoms with E-state index in [1.807, 2.05) is 105 Å². The molecule has 0 fully saturated rings. The Morgan fingerprint density at radius 1 is 0.805 bits per heavy atom. The number of hydrogen-bond acceptors (Lipinski definition) is 5. The Hall–Kier alpha value is -5.37. The van der Waals surface area contributed by atoms with E-state index in [9.17, 15) is 9.90 Å². The first kappa shape index (κ1) is 25.9. The lowest BCUT2D eigenvalue weighted by atomic mass is 9.99. The molecule has 7 nitrogen and oxygen atoms in total. The SMILES string of the molecule is Bc1cnn2c(NCc3ccc(CNC(=O)c4ccccc4-c4ccccc4)cc3)cc(-c3ccccc3O)nc12. The average molecular weight is 537 g/mol. The first-order chi connectivity index (χ1) is 20.1. The van der Waals surface area contributed by atoms with Crippen molar-refractivity contribution in [2.24, 2.45) is 0 Å². The van der Waals surface area contributed by atoms with Gasteiger partial charge in [-0.1, -0.05) is 84.9 Å². The van der Waals surface area contributed by atoms with Gasteiger partial charge >= 0.3 is 0 Å². The molecule has 0 saturated heterocycles. The minimum absolute atomic E-state index is 0.105. The number of aromatic hydroxyl groups is 1. The van der Waals surface area contributed by atoms with Gasteiger partial charge in [0.25, 0.3) is 5.91 Å². The van der Waals surface area contributed by atoms with E-state index >= 15 is 0 Å². The molecule has 0 bridgehead atoms. The summed E-state index contributed by atoms with van der Waals surface area (Å²) in [6.45, 7) is 0.993. The van der Waals surface area contributed by atoms with E-state index in [0.29, 0.717) is 29.9 Å². The van der Waals surface area contributed by atoms with Crippen molar-refractivity contribution in [1.82, 2.24) is 19.9 Å². The van der Waals surface area contributed by atoms with Crippen LogP contribution in [0.3, 0.4) is 0 Å². The molecule has 41 heavy (non-hydrogen) atoms. The summed E-state index contributed by atoms with van der Waals surface area (Å²) >= 11 is 0. The van der Waals surface area contributed by atoms with Crippen molar-refractivity contribution in [3.63, 3.8) is 0 Å². The maximum Gasteiger partial charge on any atom is 0.252 e. The van der Waals surface area contributed by atoms with E-state index < -0.39 is 0 Å². The molecule has 0 atom stereocenters. The number of amides is 1. The first-order valence-electron chi connectivity index (χ1n) is 13.4. The molecule has 1 amide bonds. The molecule has 6 rings (SSSR count). The minimum atomic E-state index is -0.105. The maximum atomic E-state index is 13.0. The number of phenols is 1. The van der Waals surface area contributed by atoms with Gasteiger partial charge in [-0.2, -0.15) is 9.61 Å². The van der Waals surface area contributed by atoms with Gasteiger partial charge in [-0.3, -0.25) is 4.79 Å². The summed E-state index contributed by atoms with van der Waals surface area (Å²) in [5.41, 5.74) is 7.67. The average Bonchev–Trinajstić information content (AvgIpc) is 3.40. The van der Waals surface area contributed by atoms with Crippen molar-refractivity contribution in [3.05, 3.63) is 132 Å². The maximum absolute atomic E-state index is 13.0. The van der Waals surface area contributed by atoms with Gasteiger partial charge in [-0.25, -0.2) is 4.98 Å². The zero-order chi connectivity index (χ0) is 28.2. The number of nitrogens with zero attached hydrogens (tertiary/aromatic N) is 3. The predicted molar refractivity (Wildman–Crippen MR) is 165 cm³/mol. The van der Waals surface area contributed by atoms with Crippen LogP contribution in [-0.4, -0.2) is 33.5 Å². The monoisotopic (exact) mass is 537 g/mol. The molecule has 0 aliphatic heterocycles. The third kappa shape index (κ3) is 5.54. The van der Waals surface area contributed by atoms with Crippen LogP contribution in [0.25, 0.3) is 28.0 Å². The molecular formula is C33H28BN5O2. The number of anilines is 1. The number of benzene rings is 4. The third-order valence-electron chi connectivity index (χ3n) is 7.03. The van der Waals surface area contributed by atoms with E-state index in [-0.39, 0.29) is 11.7 Å². The van der Waals surface area contributed by atoms with Gasteiger partial charge in [0.2, 0.25) is 0 Å². The van der Waals surface area contributed by atoms with Crippen molar-refractivity contribution < 1.29 is 9.90 Å². The van der Waals surface area contributed by atoms with Crippen molar-refractivity contribution in [2.75, 3.05) is 5.32 Å². The lowest BCUT2D eigenvalue weighted by molar-refractivity contribution is 0.0951. The Kier molecular flexibility index (Phi) is 7.20. The van der Waals surface area contributed by atoms with Crippen molar-refractivity contribution in [2.45, 2.75) is 13.1 Å². The number of hydrogen-bond donors (Lipinski definition) is 3. The quantitative estimate of drug-likeness (QED) is 0.248. The minimum Gasteiger partial charge on any atom is -0.507 e. The van der Waals surface area contributed by atoms with Crippen LogP contribution in [0.5, 0.6) is 5.75 Å². The highest BCUT2D eigenvalue weighted by Gasteiger charge is 2.14. The molecule has 3 N–H and O–H groups in total. The highest BCUT2D eigenvalue weighted by molar-refractivity contribution is 6.36. The van der Waals surface area contributed by atoms with Gasteiger partial charge in [0, 0.05) is 36.5 Å². The van der Waals surface area contributed by atoms with Gasteiger partial charge in [0.05, 0.1) is 5.69 Å². The van der Waals surface area contributed by atoms with Gasteiger partial charge in [-0.15, -0.1) is 0 Å². The normalized spacial score (nSPS) is 10.9. The lowest BCUT2D eigenvalue weighted by Gasteiger charge is -2.13. The van der Waals surface area contributed by atoms with E-state index in [2.05, 4.69) is 15.7 Å². The lowest BCUT2D eigenvalue weighted by Crippen LogP contribution is -2.23.